The Balaban J connectivity index is 1.42. The summed E-state index contributed by atoms with van der Waals surface area (Å²) < 4.78 is 10.7. The van der Waals surface area contributed by atoms with E-state index < -0.39 is 17.5 Å². The lowest BCUT2D eigenvalue weighted by Gasteiger charge is -2.22. The molecule has 1 atom stereocenters. The minimum Gasteiger partial charge on any atom is -0.454 e. The Labute approximate surface area is 157 Å². The van der Waals surface area contributed by atoms with Crippen LogP contribution < -0.4 is 20.1 Å². The van der Waals surface area contributed by atoms with Crippen molar-refractivity contribution < 1.29 is 23.9 Å². The molecule has 1 saturated carbocycles. The number of fused-ring (bicyclic) bond motifs is 1. The lowest BCUT2D eigenvalue weighted by atomic mass is 9.92. The maximum atomic E-state index is 12.9. The highest BCUT2D eigenvalue weighted by Gasteiger charge is 2.48. The maximum Gasteiger partial charge on any atom is 0.325 e. The normalized spacial score (nSPS) is 24.4. The van der Waals surface area contributed by atoms with Crippen LogP contribution in [0.1, 0.15) is 38.2 Å². The molecule has 2 heterocycles. The fraction of sp³-hybridized carbons (Fsp3) is 0.526. The van der Waals surface area contributed by atoms with Gasteiger partial charge in [-0.05, 0) is 37.5 Å². The Bertz CT molecular complexity index is 790. The van der Waals surface area contributed by atoms with Crippen LogP contribution in [0.15, 0.2) is 18.2 Å². The zero-order valence-electron chi connectivity index (χ0n) is 15.2. The van der Waals surface area contributed by atoms with E-state index in [0.29, 0.717) is 17.9 Å². The summed E-state index contributed by atoms with van der Waals surface area (Å²) >= 11 is 0. The van der Waals surface area contributed by atoms with E-state index in [2.05, 4.69) is 10.6 Å². The van der Waals surface area contributed by atoms with E-state index in [4.69, 9.17) is 9.47 Å². The standard InChI is InChI=1S/C19H23N3O5/c1-19(9-12-6-7-14-15(8-12)27-11-26-14)17(24)22(18(25)21-19)10-16(23)20-13-4-2-3-5-13/h6-8,13H,2-5,9-11H2,1H3,(H,20,23)(H,21,25)/t19-/m1/s1. The predicted octanol–water partition coefficient (Wildman–Crippen LogP) is 1.33. The highest BCUT2D eigenvalue weighted by Crippen LogP contribution is 2.34. The van der Waals surface area contributed by atoms with E-state index in [1.54, 1.807) is 13.0 Å². The molecular formula is C19H23N3O5. The minimum atomic E-state index is -1.10. The van der Waals surface area contributed by atoms with Gasteiger partial charge in [0.05, 0.1) is 0 Å². The predicted molar refractivity (Wildman–Crippen MR) is 95.3 cm³/mol. The molecule has 0 spiro atoms. The van der Waals surface area contributed by atoms with Gasteiger partial charge in [-0.25, -0.2) is 4.79 Å². The zero-order valence-corrected chi connectivity index (χ0v) is 15.2. The van der Waals surface area contributed by atoms with Crippen molar-refractivity contribution in [3.8, 4) is 11.5 Å². The van der Waals surface area contributed by atoms with Crippen LogP contribution in [0, 0.1) is 0 Å². The first-order chi connectivity index (χ1) is 12.9. The van der Waals surface area contributed by atoms with E-state index in [1.165, 1.54) is 0 Å². The Morgan fingerprint density at radius 1 is 1.26 bits per heavy atom. The molecule has 2 aliphatic heterocycles. The van der Waals surface area contributed by atoms with E-state index in [1.807, 2.05) is 12.1 Å². The third-order valence-corrected chi connectivity index (χ3v) is 5.36. The first-order valence-corrected chi connectivity index (χ1v) is 9.27. The molecule has 144 valence electrons. The summed E-state index contributed by atoms with van der Waals surface area (Å²) in [5.41, 5.74) is -0.258. The summed E-state index contributed by atoms with van der Waals surface area (Å²) in [6.07, 6.45) is 4.40. The molecule has 2 fully saturated rings. The Kier molecular flexibility index (Phi) is 4.41. The maximum absolute atomic E-state index is 12.9. The van der Waals surface area contributed by atoms with Crippen LogP contribution in [0.2, 0.25) is 0 Å². The molecule has 2 N–H and O–H groups in total. The minimum absolute atomic E-state index is 0.151. The molecular weight excluding hydrogens is 350 g/mol. The largest absolute Gasteiger partial charge is 0.454 e. The van der Waals surface area contributed by atoms with Gasteiger partial charge in [0.1, 0.15) is 12.1 Å². The third-order valence-electron chi connectivity index (χ3n) is 5.36. The topological polar surface area (TPSA) is 97.0 Å². The monoisotopic (exact) mass is 373 g/mol. The number of nitrogens with one attached hydrogen (secondary N) is 2. The van der Waals surface area contributed by atoms with Crippen LogP contribution in [0.3, 0.4) is 0 Å². The van der Waals surface area contributed by atoms with Crippen molar-refractivity contribution in [2.24, 2.45) is 0 Å². The molecule has 1 aromatic carbocycles. The quantitative estimate of drug-likeness (QED) is 0.759. The molecule has 1 aliphatic carbocycles. The summed E-state index contributed by atoms with van der Waals surface area (Å²) in [4.78, 5) is 38.4. The molecule has 1 saturated heterocycles. The summed E-state index contributed by atoms with van der Waals surface area (Å²) in [7, 11) is 0. The number of hydrogen-bond acceptors (Lipinski definition) is 5. The molecule has 0 aromatic heterocycles. The number of benzene rings is 1. The summed E-state index contributed by atoms with van der Waals surface area (Å²) in [6, 6.07) is 5.05. The van der Waals surface area contributed by atoms with Crippen LogP contribution in [0.5, 0.6) is 11.5 Å². The second-order valence-electron chi connectivity index (χ2n) is 7.57. The highest BCUT2D eigenvalue weighted by atomic mass is 16.7. The van der Waals surface area contributed by atoms with Crippen molar-refractivity contribution in [2.75, 3.05) is 13.3 Å². The summed E-state index contributed by atoms with van der Waals surface area (Å²) in [5.74, 6) is 0.598. The number of rotatable bonds is 5. The van der Waals surface area contributed by atoms with E-state index in [0.717, 1.165) is 36.1 Å². The molecule has 8 heteroatoms. The van der Waals surface area contributed by atoms with Gasteiger partial charge in [0.15, 0.2) is 11.5 Å². The van der Waals surface area contributed by atoms with Crippen LogP contribution in [0.25, 0.3) is 0 Å². The van der Waals surface area contributed by atoms with Gasteiger partial charge in [0.2, 0.25) is 12.7 Å². The van der Waals surface area contributed by atoms with Gasteiger partial charge in [-0.3, -0.25) is 14.5 Å². The van der Waals surface area contributed by atoms with Gasteiger partial charge < -0.3 is 20.1 Å². The molecule has 0 bridgehead atoms. The van der Waals surface area contributed by atoms with Crippen LogP contribution in [-0.4, -0.2) is 47.7 Å². The molecule has 27 heavy (non-hydrogen) atoms. The van der Waals surface area contributed by atoms with Crippen LogP contribution in [0.4, 0.5) is 4.79 Å². The highest BCUT2D eigenvalue weighted by molar-refractivity contribution is 6.09. The molecule has 8 nitrogen and oxygen atoms in total. The molecule has 0 unspecified atom stereocenters. The lowest BCUT2D eigenvalue weighted by molar-refractivity contribution is -0.134. The van der Waals surface area contributed by atoms with Crippen molar-refractivity contribution >= 4 is 17.8 Å². The van der Waals surface area contributed by atoms with Gasteiger partial charge in [-0.2, -0.15) is 0 Å². The number of urea groups is 1. The van der Waals surface area contributed by atoms with Crippen LogP contribution >= 0.6 is 0 Å². The van der Waals surface area contributed by atoms with Crippen LogP contribution in [-0.2, 0) is 16.0 Å². The first-order valence-electron chi connectivity index (χ1n) is 9.27. The van der Waals surface area contributed by atoms with Gasteiger partial charge in [-0.1, -0.05) is 18.9 Å². The average Bonchev–Trinajstić information content (AvgIpc) is 3.33. The van der Waals surface area contributed by atoms with Gasteiger partial charge in [-0.15, -0.1) is 0 Å². The Morgan fingerprint density at radius 3 is 2.78 bits per heavy atom. The zero-order chi connectivity index (χ0) is 19.0. The second-order valence-corrected chi connectivity index (χ2v) is 7.57. The molecule has 1 aromatic rings. The Hall–Kier alpha value is -2.77. The van der Waals surface area contributed by atoms with Crippen molar-refractivity contribution in [1.82, 2.24) is 15.5 Å². The van der Waals surface area contributed by atoms with Crippen molar-refractivity contribution in [1.29, 1.82) is 0 Å². The van der Waals surface area contributed by atoms with Crippen molar-refractivity contribution in [3.05, 3.63) is 23.8 Å². The first kappa shape index (κ1) is 17.6. The fourth-order valence-electron chi connectivity index (χ4n) is 3.96. The number of hydrogen-bond donors (Lipinski definition) is 2. The van der Waals surface area contributed by atoms with Crippen molar-refractivity contribution in [3.63, 3.8) is 0 Å². The molecule has 0 radical (unpaired) electrons. The molecule has 4 amide bonds. The van der Waals surface area contributed by atoms with E-state index in [9.17, 15) is 14.4 Å². The number of ether oxygens (including phenoxy) is 2. The molecule has 4 rings (SSSR count). The fourth-order valence-corrected chi connectivity index (χ4v) is 3.96. The second kappa shape index (κ2) is 6.75. The average molecular weight is 373 g/mol. The third kappa shape index (κ3) is 3.43. The summed E-state index contributed by atoms with van der Waals surface area (Å²) in [5, 5.41) is 5.64. The number of nitrogens with zero attached hydrogens (tertiary/aromatic N) is 1. The summed E-state index contributed by atoms with van der Waals surface area (Å²) in [6.45, 7) is 1.60. The smallest absolute Gasteiger partial charge is 0.325 e. The van der Waals surface area contributed by atoms with Gasteiger partial charge in [0.25, 0.3) is 5.91 Å². The lowest BCUT2D eigenvalue weighted by Crippen LogP contribution is -2.47. The number of carbonyl (C=O) groups excluding carboxylic acids is 3. The number of imide groups is 1. The molecule has 3 aliphatic rings. The van der Waals surface area contributed by atoms with Gasteiger partial charge in [0, 0.05) is 12.5 Å². The van der Waals surface area contributed by atoms with E-state index in [-0.39, 0.29) is 25.3 Å². The number of amides is 4. The van der Waals surface area contributed by atoms with E-state index >= 15 is 0 Å². The van der Waals surface area contributed by atoms with Gasteiger partial charge >= 0.3 is 6.03 Å². The number of carbonyl (C=O) groups is 3. The SMILES string of the molecule is C[C@]1(Cc2ccc3c(c2)OCO3)NC(=O)N(CC(=O)NC2CCCC2)C1=O. The Morgan fingerprint density at radius 2 is 2.00 bits per heavy atom. The van der Waals surface area contributed by atoms with Crippen molar-refractivity contribution in [2.45, 2.75) is 50.6 Å².